The average molecular weight is 420 g/mol. The molecule has 0 aromatic heterocycles. The number of hydrogen-bond donors (Lipinski definition) is 3. The van der Waals surface area contributed by atoms with Crippen molar-refractivity contribution in [1.82, 2.24) is 4.90 Å². The lowest BCUT2D eigenvalue weighted by atomic mass is 10.1. The molecule has 0 atom stereocenters. The third kappa shape index (κ3) is 3.67. The molecule has 0 saturated carbocycles. The molecule has 0 unspecified atom stereocenters. The lowest BCUT2D eigenvalue weighted by Crippen LogP contribution is -2.35. The molecule has 3 rings (SSSR count). The van der Waals surface area contributed by atoms with Gasteiger partial charge in [-0.2, -0.15) is 0 Å². The Hall–Kier alpha value is -3.03. The summed E-state index contributed by atoms with van der Waals surface area (Å²) in [7, 11) is 3.10. The van der Waals surface area contributed by atoms with Crippen molar-refractivity contribution in [1.29, 1.82) is 0 Å². The number of phenolic OH excluding ortho intramolecular Hbond substituents is 1. The lowest BCUT2D eigenvalue weighted by molar-refractivity contribution is 0.0824. The summed E-state index contributed by atoms with van der Waals surface area (Å²) in [4.78, 5) is 37.5. The minimum Gasteiger partial charge on any atom is -0.505 e. The molecule has 0 aliphatic carbocycles. The smallest absolute Gasteiger partial charge is 0.257 e. The van der Waals surface area contributed by atoms with Crippen molar-refractivity contribution >= 4 is 51.9 Å². The zero-order valence-electron chi connectivity index (χ0n) is 14.8. The van der Waals surface area contributed by atoms with Gasteiger partial charge in [0.25, 0.3) is 16.8 Å². The summed E-state index contributed by atoms with van der Waals surface area (Å²) in [5.41, 5.74) is -0.902. The summed E-state index contributed by atoms with van der Waals surface area (Å²) in [6.07, 6.45) is 0. The summed E-state index contributed by atoms with van der Waals surface area (Å²) < 4.78 is 0. The zero-order chi connectivity index (χ0) is 20.6. The molecule has 1 amide bonds. The normalized spacial score (nSPS) is 10.7. The Balaban J connectivity index is 1.94. The van der Waals surface area contributed by atoms with Crippen molar-refractivity contribution in [3.8, 4) is 5.75 Å². The summed E-state index contributed by atoms with van der Waals surface area (Å²) in [6.45, 7) is 0. The van der Waals surface area contributed by atoms with E-state index >= 15 is 0 Å². The van der Waals surface area contributed by atoms with Gasteiger partial charge in [0.1, 0.15) is 11.4 Å². The third-order valence-electron chi connectivity index (χ3n) is 3.97. The van der Waals surface area contributed by atoms with E-state index in [9.17, 15) is 19.5 Å². The standard InChI is InChI=1S/C19H15Cl2N3O4/c1-24(2)19(28)12-4-3-5-13(16(12)25)23-15-14(17(26)18(15)27)22-11-7-9(20)6-10(21)8-11/h3-8,22-23,25H,1-2H3. The number of nitrogens with zero attached hydrogens (tertiary/aromatic N) is 1. The molecule has 0 fully saturated rings. The second kappa shape index (κ2) is 7.53. The maximum absolute atomic E-state index is 12.1. The Bertz CT molecular complexity index is 1130. The van der Waals surface area contributed by atoms with E-state index in [4.69, 9.17) is 23.2 Å². The second-order valence-corrected chi connectivity index (χ2v) is 7.09. The predicted octanol–water partition coefficient (Wildman–Crippen LogP) is 3.48. The number of carbonyl (C=O) groups is 1. The van der Waals surface area contributed by atoms with E-state index in [-0.39, 0.29) is 28.4 Å². The van der Waals surface area contributed by atoms with Gasteiger partial charge in [0, 0.05) is 29.8 Å². The van der Waals surface area contributed by atoms with Gasteiger partial charge in [-0.25, -0.2) is 0 Å². The maximum atomic E-state index is 12.1. The number of nitrogens with one attached hydrogen (secondary N) is 2. The van der Waals surface area contributed by atoms with Gasteiger partial charge in [0.05, 0.1) is 11.3 Å². The number of hydrogen-bond acceptors (Lipinski definition) is 6. The second-order valence-electron chi connectivity index (χ2n) is 6.22. The molecular formula is C19H15Cl2N3O4. The molecule has 3 aromatic rings. The van der Waals surface area contributed by atoms with Crippen molar-refractivity contribution in [3.63, 3.8) is 0 Å². The van der Waals surface area contributed by atoms with Gasteiger partial charge in [0.15, 0.2) is 5.75 Å². The lowest BCUT2D eigenvalue weighted by Gasteiger charge is -2.18. The van der Waals surface area contributed by atoms with Gasteiger partial charge in [-0.1, -0.05) is 29.3 Å². The molecule has 0 radical (unpaired) electrons. The van der Waals surface area contributed by atoms with Crippen LogP contribution in [-0.2, 0) is 0 Å². The monoisotopic (exact) mass is 419 g/mol. The Morgan fingerprint density at radius 3 is 2.11 bits per heavy atom. The fourth-order valence-electron chi connectivity index (χ4n) is 2.59. The third-order valence-corrected chi connectivity index (χ3v) is 4.41. The van der Waals surface area contributed by atoms with Crippen molar-refractivity contribution < 1.29 is 9.90 Å². The Kier molecular flexibility index (Phi) is 5.31. The van der Waals surface area contributed by atoms with Crippen LogP contribution in [0.1, 0.15) is 10.4 Å². The summed E-state index contributed by atoms with van der Waals surface area (Å²) in [5.74, 6) is -0.732. The van der Waals surface area contributed by atoms with Crippen LogP contribution in [0, 0.1) is 0 Å². The van der Waals surface area contributed by atoms with Gasteiger partial charge in [0.2, 0.25) is 0 Å². The van der Waals surface area contributed by atoms with Crippen molar-refractivity contribution in [2.75, 3.05) is 24.7 Å². The van der Waals surface area contributed by atoms with Crippen molar-refractivity contribution in [2.45, 2.75) is 0 Å². The van der Waals surface area contributed by atoms with Gasteiger partial charge in [-0.3, -0.25) is 14.4 Å². The van der Waals surface area contributed by atoms with Crippen LogP contribution in [0.3, 0.4) is 0 Å². The number of para-hydroxylation sites is 1. The molecule has 28 heavy (non-hydrogen) atoms. The quantitative estimate of drug-likeness (QED) is 0.432. The van der Waals surface area contributed by atoms with E-state index in [0.717, 1.165) is 0 Å². The Labute approximate surface area is 169 Å². The molecule has 9 heteroatoms. The SMILES string of the molecule is CN(C)C(=O)c1cccc(Nc2c(Nc3cc(Cl)cc(Cl)c3)c(=O)c2=O)c1O. The van der Waals surface area contributed by atoms with Crippen LogP contribution in [0.5, 0.6) is 5.75 Å². The van der Waals surface area contributed by atoms with E-state index in [2.05, 4.69) is 10.6 Å². The first kappa shape index (κ1) is 19.7. The van der Waals surface area contributed by atoms with Gasteiger partial charge in [-0.05, 0) is 30.3 Å². The topological polar surface area (TPSA) is 98.7 Å². The van der Waals surface area contributed by atoms with Crippen LogP contribution in [0.15, 0.2) is 46.0 Å². The van der Waals surface area contributed by atoms with E-state index in [1.54, 1.807) is 32.3 Å². The number of halogens is 2. The summed E-state index contributed by atoms with van der Waals surface area (Å²) in [6, 6.07) is 9.11. The molecule has 0 spiro atoms. The van der Waals surface area contributed by atoms with Crippen LogP contribution in [0.4, 0.5) is 22.7 Å². The van der Waals surface area contributed by atoms with Crippen LogP contribution in [0.25, 0.3) is 0 Å². The number of phenols is 1. The molecule has 0 bridgehead atoms. The number of benzene rings is 2. The predicted molar refractivity (Wildman–Crippen MR) is 111 cm³/mol. The number of anilines is 4. The van der Waals surface area contributed by atoms with Gasteiger partial charge >= 0.3 is 0 Å². The molecule has 3 aromatic carbocycles. The van der Waals surface area contributed by atoms with Gasteiger partial charge < -0.3 is 20.6 Å². The molecule has 0 heterocycles. The summed E-state index contributed by atoms with van der Waals surface area (Å²) >= 11 is 11.9. The fourth-order valence-corrected chi connectivity index (χ4v) is 3.12. The highest BCUT2D eigenvalue weighted by atomic mass is 35.5. The van der Waals surface area contributed by atoms with Crippen LogP contribution in [-0.4, -0.2) is 30.0 Å². The van der Waals surface area contributed by atoms with Crippen LogP contribution >= 0.6 is 23.2 Å². The highest BCUT2D eigenvalue weighted by Crippen LogP contribution is 2.33. The van der Waals surface area contributed by atoms with E-state index in [0.29, 0.717) is 15.7 Å². The first-order chi connectivity index (χ1) is 13.2. The summed E-state index contributed by atoms with van der Waals surface area (Å²) in [5, 5.41) is 16.6. The van der Waals surface area contributed by atoms with E-state index in [1.165, 1.54) is 23.1 Å². The van der Waals surface area contributed by atoms with Gasteiger partial charge in [-0.15, -0.1) is 0 Å². The largest absolute Gasteiger partial charge is 0.505 e. The first-order valence-corrected chi connectivity index (χ1v) is 8.81. The van der Waals surface area contributed by atoms with E-state index < -0.39 is 16.8 Å². The molecule has 3 N–H and O–H groups in total. The first-order valence-electron chi connectivity index (χ1n) is 8.06. The van der Waals surface area contributed by atoms with E-state index in [1.807, 2.05) is 0 Å². The van der Waals surface area contributed by atoms with Crippen LogP contribution in [0.2, 0.25) is 10.0 Å². The van der Waals surface area contributed by atoms with Crippen molar-refractivity contribution in [2.24, 2.45) is 0 Å². The minimum atomic E-state index is -0.751. The number of rotatable bonds is 5. The fraction of sp³-hybridized carbons (Fsp3) is 0.105. The molecule has 7 nitrogen and oxygen atoms in total. The minimum absolute atomic E-state index is 0.00655. The highest BCUT2D eigenvalue weighted by Gasteiger charge is 2.24. The zero-order valence-corrected chi connectivity index (χ0v) is 16.4. The maximum Gasteiger partial charge on any atom is 0.257 e. The number of aromatic hydroxyl groups is 1. The Morgan fingerprint density at radius 2 is 1.54 bits per heavy atom. The molecule has 0 saturated heterocycles. The highest BCUT2D eigenvalue weighted by molar-refractivity contribution is 6.35. The molecule has 0 aliphatic heterocycles. The molecule has 144 valence electrons. The molecule has 0 aliphatic rings. The Morgan fingerprint density at radius 1 is 0.964 bits per heavy atom. The average Bonchev–Trinajstić information content (AvgIpc) is 2.64. The molecular weight excluding hydrogens is 405 g/mol. The van der Waals surface area contributed by atoms with Crippen molar-refractivity contribution in [3.05, 3.63) is 72.5 Å². The number of amides is 1. The van der Waals surface area contributed by atoms with Crippen LogP contribution < -0.4 is 21.5 Å². The number of carbonyl (C=O) groups excluding carboxylic acids is 1.